The van der Waals surface area contributed by atoms with Gasteiger partial charge in [0.1, 0.15) is 11.5 Å². The predicted molar refractivity (Wildman–Crippen MR) is 79.9 cm³/mol. The summed E-state index contributed by atoms with van der Waals surface area (Å²) in [6, 6.07) is 4.48. The molecule has 1 aliphatic rings. The molecule has 0 aromatic carbocycles. The van der Waals surface area contributed by atoms with E-state index >= 15 is 0 Å². The Morgan fingerprint density at radius 2 is 2.06 bits per heavy atom. The summed E-state index contributed by atoms with van der Waals surface area (Å²) < 4.78 is 5.74. The summed E-state index contributed by atoms with van der Waals surface area (Å²) in [4.78, 5) is 2.47. The van der Waals surface area contributed by atoms with Gasteiger partial charge in [0.15, 0.2) is 0 Å². The van der Waals surface area contributed by atoms with Crippen LogP contribution in [-0.4, -0.2) is 31.1 Å². The molecule has 104 valence electrons. The van der Waals surface area contributed by atoms with Gasteiger partial charge >= 0.3 is 0 Å². The van der Waals surface area contributed by atoms with Crippen LogP contribution in [0.3, 0.4) is 0 Å². The standard InChI is InChI=1S/C13H20N2O.2ClH/c1-3-4-12(13-6-5-11(2)16-13)15-9-7-14-8-10-15;;/h3,5-6,12,14H,1,4,7-10H2,2H3;2*1H/t12-;;/m0../s1. The molecule has 1 fully saturated rings. The van der Waals surface area contributed by atoms with E-state index in [0.29, 0.717) is 6.04 Å². The topological polar surface area (TPSA) is 28.4 Å². The third kappa shape index (κ3) is 4.32. The molecule has 0 unspecified atom stereocenters. The zero-order valence-electron chi connectivity index (χ0n) is 10.7. The molecule has 18 heavy (non-hydrogen) atoms. The van der Waals surface area contributed by atoms with Crippen molar-refractivity contribution in [1.29, 1.82) is 0 Å². The summed E-state index contributed by atoms with van der Waals surface area (Å²) in [6.45, 7) is 10.1. The van der Waals surface area contributed by atoms with Crippen molar-refractivity contribution in [2.45, 2.75) is 19.4 Å². The fraction of sp³-hybridized carbons (Fsp3) is 0.538. The summed E-state index contributed by atoms with van der Waals surface area (Å²) in [5.41, 5.74) is 0. The summed E-state index contributed by atoms with van der Waals surface area (Å²) in [7, 11) is 0. The minimum absolute atomic E-state index is 0. The molecule has 2 rings (SSSR count). The lowest BCUT2D eigenvalue weighted by Gasteiger charge is -2.33. The smallest absolute Gasteiger partial charge is 0.121 e. The Kier molecular flexibility index (Phi) is 8.36. The van der Waals surface area contributed by atoms with E-state index in [1.165, 1.54) is 0 Å². The first-order valence-electron chi connectivity index (χ1n) is 5.93. The SMILES string of the molecule is C=CC[C@@H](c1ccc(C)o1)N1CCNCC1.Cl.Cl. The highest BCUT2D eigenvalue weighted by Crippen LogP contribution is 2.26. The number of aryl methyl sites for hydroxylation is 1. The quantitative estimate of drug-likeness (QED) is 0.865. The number of furan rings is 1. The van der Waals surface area contributed by atoms with Crippen molar-refractivity contribution in [1.82, 2.24) is 10.2 Å². The fourth-order valence-corrected chi connectivity index (χ4v) is 2.23. The molecule has 0 bridgehead atoms. The first kappa shape index (κ1) is 17.5. The van der Waals surface area contributed by atoms with E-state index in [-0.39, 0.29) is 24.8 Å². The van der Waals surface area contributed by atoms with Crippen LogP contribution in [0.15, 0.2) is 29.2 Å². The van der Waals surface area contributed by atoms with E-state index in [4.69, 9.17) is 4.42 Å². The zero-order valence-corrected chi connectivity index (χ0v) is 12.4. The Morgan fingerprint density at radius 1 is 1.39 bits per heavy atom. The molecule has 3 nitrogen and oxygen atoms in total. The third-order valence-electron chi connectivity index (χ3n) is 3.07. The van der Waals surface area contributed by atoms with E-state index in [9.17, 15) is 0 Å². The maximum absolute atomic E-state index is 5.74. The Labute approximate surface area is 121 Å². The van der Waals surface area contributed by atoms with Gasteiger partial charge in [-0.2, -0.15) is 0 Å². The molecule has 0 saturated carbocycles. The Morgan fingerprint density at radius 3 is 2.56 bits per heavy atom. The average Bonchev–Trinajstić information content (AvgIpc) is 2.74. The van der Waals surface area contributed by atoms with Crippen LogP contribution in [-0.2, 0) is 0 Å². The van der Waals surface area contributed by atoms with E-state index in [2.05, 4.69) is 22.9 Å². The van der Waals surface area contributed by atoms with Gasteiger partial charge in [-0.25, -0.2) is 0 Å². The third-order valence-corrected chi connectivity index (χ3v) is 3.07. The normalized spacial score (nSPS) is 17.4. The first-order chi connectivity index (χ1) is 7.81. The van der Waals surface area contributed by atoms with Gasteiger partial charge in [0.25, 0.3) is 0 Å². The first-order valence-corrected chi connectivity index (χ1v) is 5.93. The van der Waals surface area contributed by atoms with Crippen LogP contribution in [0.5, 0.6) is 0 Å². The molecular formula is C13H22Cl2N2O. The van der Waals surface area contributed by atoms with Crippen LogP contribution >= 0.6 is 24.8 Å². The highest BCUT2D eigenvalue weighted by Gasteiger charge is 2.23. The number of nitrogens with zero attached hydrogens (tertiary/aromatic N) is 1. The van der Waals surface area contributed by atoms with Crippen LogP contribution in [0.2, 0.25) is 0 Å². The van der Waals surface area contributed by atoms with Crippen LogP contribution in [0.25, 0.3) is 0 Å². The molecule has 1 aromatic heterocycles. The van der Waals surface area contributed by atoms with Crippen LogP contribution in [0.1, 0.15) is 24.0 Å². The molecule has 1 saturated heterocycles. The largest absolute Gasteiger partial charge is 0.465 e. The van der Waals surface area contributed by atoms with Crippen molar-refractivity contribution in [2.75, 3.05) is 26.2 Å². The molecule has 0 amide bonds. The van der Waals surface area contributed by atoms with Gasteiger partial charge < -0.3 is 9.73 Å². The Hall–Kier alpha value is -0.480. The van der Waals surface area contributed by atoms with Gasteiger partial charge in [-0.3, -0.25) is 4.90 Å². The Balaban J connectivity index is 0.00000144. The van der Waals surface area contributed by atoms with Crippen molar-refractivity contribution in [3.8, 4) is 0 Å². The van der Waals surface area contributed by atoms with Gasteiger partial charge in [0.05, 0.1) is 6.04 Å². The van der Waals surface area contributed by atoms with Gasteiger partial charge in [-0.15, -0.1) is 31.4 Å². The van der Waals surface area contributed by atoms with Crippen LogP contribution < -0.4 is 5.32 Å². The monoisotopic (exact) mass is 292 g/mol. The molecule has 0 spiro atoms. The predicted octanol–water partition coefficient (Wildman–Crippen LogP) is 2.95. The van der Waals surface area contributed by atoms with Gasteiger partial charge in [0, 0.05) is 26.2 Å². The van der Waals surface area contributed by atoms with Crippen molar-refractivity contribution < 1.29 is 4.42 Å². The van der Waals surface area contributed by atoms with Crippen LogP contribution in [0, 0.1) is 6.92 Å². The zero-order chi connectivity index (χ0) is 11.4. The van der Waals surface area contributed by atoms with Gasteiger partial charge in [-0.1, -0.05) is 6.08 Å². The number of rotatable bonds is 4. The minimum atomic E-state index is 0. The second-order valence-electron chi connectivity index (χ2n) is 4.27. The number of halogens is 2. The number of hydrogen-bond acceptors (Lipinski definition) is 3. The average molecular weight is 293 g/mol. The lowest BCUT2D eigenvalue weighted by Crippen LogP contribution is -2.45. The molecule has 5 heteroatoms. The molecule has 1 N–H and O–H groups in total. The summed E-state index contributed by atoms with van der Waals surface area (Å²) in [5.74, 6) is 2.05. The number of nitrogens with one attached hydrogen (secondary N) is 1. The van der Waals surface area contributed by atoms with Gasteiger partial charge in [0.2, 0.25) is 0 Å². The molecule has 0 radical (unpaired) electrons. The minimum Gasteiger partial charge on any atom is -0.465 e. The van der Waals surface area contributed by atoms with Gasteiger partial charge in [-0.05, 0) is 25.5 Å². The number of piperazine rings is 1. The van der Waals surface area contributed by atoms with E-state index in [1.807, 2.05) is 19.1 Å². The van der Waals surface area contributed by atoms with E-state index in [1.54, 1.807) is 0 Å². The maximum Gasteiger partial charge on any atom is 0.121 e. The summed E-state index contributed by atoms with van der Waals surface area (Å²) in [6.07, 6.45) is 2.93. The lowest BCUT2D eigenvalue weighted by molar-refractivity contribution is 0.154. The second-order valence-corrected chi connectivity index (χ2v) is 4.27. The van der Waals surface area contributed by atoms with Crippen molar-refractivity contribution >= 4 is 24.8 Å². The van der Waals surface area contributed by atoms with Crippen molar-refractivity contribution in [3.63, 3.8) is 0 Å². The molecule has 0 aliphatic carbocycles. The highest BCUT2D eigenvalue weighted by atomic mass is 35.5. The molecule has 1 atom stereocenters. The Bertz CT molecular complexity index is 349. The fourth-order valence-electron chi connectivity index (χ4n) is 2.23. The van der Waals surface area contributed by atoms with Crippen molar-refractivity contribution in [2.24, 2.45) is 0 Å². The van der Waals surface area contributed by atoms with Crippen LogP contribution in [0.4, 0.5) is 0 Å². The second kappa shape index (κ2) is 8.59. The van der Waals surface area contributed by atoms with E-state index < -0.39 is 0 Å². The number of hydrogen-bond donors (Lipinski definition) is 1. The molecule has 1 aromatic rings. The molecule has 2 heterocycles. The van der Waals surface area contributed by atoms with E-state index in [0.717, 1.165) is 44.1 Å². The maximum atomic E-state index is 5.74. The highest BCUT2D eigenvalue weighted by molar-refractivity contribution is 5.85. The summed E-state index contributed by atoms with van der Waals surface area (Å²) >= 11 is 0. The lowest BCUT2D eigenvalue weighted by atomic mass is 10.1. The molecule has 1 aliphatic heterocycles. The van der Waals surface area contributed by atoms with Crippen molar-refractivity contribution in [3.05, 3.63) is 36.3 Å². The summed E-state index contributed by atoms with van der Waals surface area (Å²) in [5, 5.41) is 3.37. The molecular weight excluding hydrogens is 271 g/mol.